The molecule has 1 aromatic carbocycles. The highest BCUT2D eigenvalue weighted by Crippen LogP contribution is 2.21. The molecule has 0 aliphatic carbocycles. The van der Waals surface area contributed by atoms with Gasteiger partial charge in [0.25, 0.3) is 0 Å². The van der Waals surface area contributed by atoms with Gasteiger partial charge in [-0.2, -0.15) is 0 Å². The van der Waals surface area contributed by atoms with Crippen LogP contribution in [0.2, 0.25) is 0 Å². The van der Waals surface area contributed by atoms with Gasteiger partial charge in [-0.1, -0.05) is 15.9 Å². The number of aryl methyl sites for hydroxylation is 1. The van der Waals surface area contributed by atoms with Crippen LogP contribution in [0.15, 0.2) is 22.7 Å². The number of benzene rings is 1. The van der Waals surface area contributed by atoms with Crippen LogP contribution in [-0.4, -0.2) is 17.8 Å². The minimum atomic E-state index is 0.269. The van der Waals surface area contributed by atoms with Gasteiger partial charge in [-0.3, -0.25) is 0 Å². The molecule has 0 radical (unpaired) electrons. The van der Waals surface area contributed by atoms with Crippen LogP contribution >= 0.6 is 15.9 Å². The predicted octanol–water partition coefficient (Wildman–Crippen LogP) is 3.33. The van der Waals surface area contributed by atoms with Gasteiger partial charge in [-0.25, -0.2) is 0 Å². The quantitative estimate of drug-likeness (QED) is 0.861. The smallest absolute Gasteiger partial charge is 0.0431 e. The zero-order valence-corrected chi connectivity index (χ0v) is 10.8. The average Bonchev–Trinajstić information content (AvgIpc) is 2.19. The molecule has 1 unspecified atom stereocenters. The predicted molar refractivity (Wildman–Crippen MR) is 68.3 cm³/mol. The molecule has 1 rings (SSSR count). The SMILES string of the molecule is Cc1cc(Br)ccc1NC(C)CCCO. The molecule has 2 N–H and O–H groups in total. The van der Waals surface area contributed by atoms with Crippen LogP contribution in [0, 0.1) is 6.92 Å². The summed E-state index contributed by atoms with van der Waals surface area (Å²) >= 11 is 3.44. The van der Waals surface area contributed by atoms with Crippen LogP contribution in [0.4, 0.5) is 5.69 Å². The Bertz CT molecular complexity index is 314. The molecule has 0 saturated carbocycles. The number of rotatable bonds is 5. The lowest BCUT2D eigenvalue weighted by atomic mass is 10.1. The Hall–Kier alpha value is -0.540. The maximum absolute atomic E-state index is 8.74. The number of aliphatic hydroxyl groups is 1. The summed E-state index contributed by atoms with van der Waals surface area (Å²) in [6.45, 7) is 4.49. The Labute approximate surface area is 99.8 Å². The molecule has 1 aromatic rings. The molecular formula is C12H18BrNO. The van der Waals surface area contributed by atoms with Crippen molar-refractivity contribution in [3.05, 3.63) is 28.2 Å². The summed E-state index contributed by atoms with van der Waals surface area (Å²) < 4.78 is 1.11. The van der Waals surface area contributed by atoms with Crippen molar-refractivity contribution in [2.75, 3.05) is 11.9 Å². The molecule has 2 nitrogen and oxygen atoms in total. The van der Waals surface area contributed by atoms with Crippen LogP contribution in [0.5, 0.6) is 0 Å². The van der Waals surface area contributed by atoms with Crippen LogP contribution in [-0.2, 0) is 0 Å². The summed E-state index contributed by atoms with van der Waals surface area (Å²) in [6.07, 6.45) is 1.84. The monoisotopic (exact) mass is 271 g/mol. The van der Waals surface area contributed by atoms with Gasteiger partial charge in [0.15, 0.2) is 0 Å². The molecule has 0 spiro atoms. The number of hydrogen-bond acceptors (Lipinski definition) is 2. The van der Waals surface area contributed by atoms with Gasteiger partial charge in [-0.05, 0) is 50.5 Å². The lowest BCUT2D eigenvalue weighted by Crippen LogP contribution is -2.16. The third-order valence-corrected chi connectivity index (χ3v) is 2.88. The Balaban J connectivity index is 2.56. The first-order chi connectivity index (χ1) is 7.13. The summed E-state index contributed by atoms with van der Waals surface area (Å²) in [5, 5.41) is 12.2. The Morgan fingerprint density at radius 2 is 2.20 bits per heavy atom. The van der Waals surface area contributed by atoms with E-state index < -0.39 is 0 Å². The van der Waals surface area contributed by atoms with Crippen LogP contribution in [0.25, 0.3) is 0 Å². The van der Waals surface area contributed by atoms with Gasteiger partial charge < -0.3 is 10.4 Å². The highest BCUT2D eigenvalue weighted by Gasteiger charge is 2.03. The third kappa shape index (κ3) is 4.22. The molecule has 0 aliphatic heterocycles. The van der Waals surface area contributed by atoms with E-state index in [1.807, 2.05) is 6.07 Å². The molecule has 0 aliphatic rings. The molecule has 0 bridgehead atoms. The van der Waals surface area contributed by atoms with E-state index in [1.54, 1.807) is 0 Å². The fraction of sp³-hybridized carbons (Fsp3) is 0.500. The van der Waals surface area contributed by atoms with Crippen molar-refractivity contribution in [3.8, 4) is 0 Å². The van der Waals surface area contributed by atoms with E-state index in [9.17, 15) is 0 Å². The highest BCUT2D eigenvalue weighted by atomic mass is 79.9. The Morgan fingerprint density at radius 1 is 1.47 bits per heavy atom. The van der Waals surface area contributed by atoms with Crippen molar-refractivity contribution < 1.29 is 5.11 Å². The molecule has 0 fully saturated rings. The second-order valence-electron chi connectivity index (χ2n) is 3.87. The van der Waals surface area contributed by atoms with Gasteiger partial charge in [0.2, 0.25) is 0 Å². The summed E-state index contributed by atoms with van der Waals surface area (Å²) in [5.74, 6) is 0. The van der Waals surface area contributed by atoms with E-state index in [-0.39, 0.29) is 6.61 Å². The van der Waals surface area contributed by atoms with E-state index >= 15 is 0 Å². The summed E-state index contributed by atoms with van der Waals surface area (Å²) in [7, 11) is 0. The lowest BCUT2D eigenvalue weighted by Gasteiger charge is -2.16. The van der Waals surface area contributed by atoms with Crippen LogP contribution in [0.3, 0.4) is 0 Å². The number of halogens is 1. The molecule has 84 valence electrons. The summed E-state index contributed by atoms with van der Waals surface area (Å²) in [6, 6.07) is 6.61. The van der Waals surface area contributed by atoms with Crippen molar-refractivity contribution in [2.45, 2.75) is 32.7 Å². The van der Waals surface area contributed by atoms with Gasteiger partial charge >= 0.3 is 0 Å². The van der Waals surface area contributed by atoms with Gasteiger partial charge in [-0.15, -0.1) is 0 Å². The first-order valence-electron chi connectivity index (χ1n) is 5.27. The Kier molecular flexibility index (Phi) is 5.12. The van der Waals surface area contributed by atoms with E-state index in [1.165, 1.54) is 11.3 Å². The molecule has 15 heavy (non-hydrogen) atoms. The second-order valence-corrected chi connectivity index (χ2v) is 4.79. The minimum Gasteiger partial charge on any atom is -0.396 e. The van der Waals surface area contributed by atoms with E-state index in [0.717, 1.165) is 17.3 Å². The minimum absolute atomic E-state index is 0.269. The number of aliphatic hydroxyl groups excluding tert-OH is 1. The highest BCUT2D eigenvalue weighted by molar-refractivity contribution is 9.10. The van der Waals surface area contributed by atoms with Crippen molar-refractivity contribution in [3.63, 3.8) is 0 Å². The fourth-order valence-electron chi connectivity index (χ4n) is 1.52. The number of anilines is 1. The zero-order chi connectivity index (χ0) is 11.3. The fourth-order valence-corrected chi connectivity index (χ4v) is 2.00. The molecule has 3 heteroatoms. The third-order valence-electron chi connectivity index (χ3n) is 2.39. The topological polar surface area (TPSA) is 32.3 Å². The Morgan fingerprint density at radius 3 is 2.80 bits per heavy atom. The van der Waals surface area contributed by atoms with E-state index in [0.29, 0.717) is 6.04 Å². The van der Waals surface area contributed by atoms with Crippen molar-refractivity contribution in [1.82, 2.24) is 0 Å². The van der Waals surface area contributed by atoms with Crippen molar-refractivity contribution in [1.29, 1.82) is 0 Å². The maximum atomic E-state index is 8.74. The zero-order valence-electron chi connectivity index (χ0n) is 9.26. The molecule has 1 atom stereocenters. The standard InChI is InChI=1S/C12H18BrNO/c1-9-8-11(13)5-6-12(9)14-10(2)4-3-7-15/h5-6,8,10,14-15H,3-4,7H2,1-2H3. The van der Waals surface area contributed by atoms with Crippen LogP contribution < -0.4 is 5.32 Å². The van der Waals surface area contributed by atoms with Gasteiger partial charge in [0.05, 0.1) is 0 Å². The van der Waals surface area contributed by atoms with Crippen molar-refractivity contribution in [2.24, 2.45) is 0 Å². The van der Waals surface area contributed by atoms with E-state index in [4.69, 9.17) is 5.11 Å². The molecular weight excluding hydrogens is 254 g/mol. The maximum Gasteiger partial charge on any atom is 0.0431 e. The molecule has 0 aromatic heterocycles. The van der Waals surface area contributed by atoms with Gasteiger partial charge in [0.1, 0.15) is 0 Å². The van der Waals surface area contributed by atoms with Gasteiger partial charge in [0, 0.05) is 22.8 Å². The lowest BCUT2D eigenvalue weighted by molar-refractivity contribution is 0.282. The second kappa shape index (κ2) is 6.13. The molecule has 0 saturated heterocycles. The number of nitrogens with one attached hydrogen (secondary N) is 1. The first-order valence-corrected chi connectivity index (χ1v) is 6.06. The normalized spacial score (nSPS) is 12.5. The number of hydrogen-bond donors (Lipinski definition) is 2. The summed E-state index contributed by atoms with van der Waals surface area (Å²) in [5.41, 5.74) is 2.41. The molecule has 0 amide bonds. The van der Waals surface area contributed by atoms with Crippen LogP contribution in [0.1, 0.15) is 25.3 Å². The van der Waals surface area contributed by atoms with E-state index in [2.05, 4.69) is 47.2 Å². The molecule has 0 heterocycles. The average molecular weight is 272 g/mol. The summed E-state index contributed by atoms with van der Waals surface area (Å²) in [4.78, 5) is 0. The first kappa shape index (κ1) is 12.5. The van der Waals surface area contributed by atoms with Crippen molar-refractivity contribution >= 4 is 21.6 Å². The largest absolute Gasteiger partial charge is 0.396 e.